The van der Waals surface area contributed by atoms with Crippen LogP contribution in [-0.2, 0) is 15.3 Å². The number of benzene rings is 1. The third-order valence-corrected chi connectivity index (χ3v) is 6.09. The van der Waals surface area contributed by atoms with Crippen LogP contribution in [0.15, 0.2) is 23.1 Å². The lowest BCUT2D eigenvalue weighted by Crippen LogP contribution is -2.31. The van der Waals surface area contributed by atoms with E-state index in [1.54, 1.807) is 0 Å². The van der Waals surface area contributed by atoms with Gasteiger partial charge in [-0.15, -0.1) is 0 Å². The van der Waals surface area contributed by atoms with E-state index in [1.165, 1.54) is 18.4 Å². The van der Waals surface area contributed by atoms with Crippen molar-refractivity contribution in [2.45, 2.75) is 62.4 Å². The smallest absolute Gasteiger partial charge is 0.178 e. The molecule has 1 aliphatic heterocycles. The lowest BCUT2D eigenvalue weighted by molar-refractivity contribution is 0.486. The standard InChI is InChI=1S/C16H23NO2S/c1-16(2,3)11-4-7-15-13(10-11)14(17-12-5-6-12)8-9-20(15,18)19/h4,7,10,12,14,17H,5-6,8-9H2,1-3H3. The summed E-state index contributed by atoms with van der Waals surface area (Å²) in [6.45, 7) is 6.49. The fourth-order valence-electron chi connectivity index (χ4n) is 2.82. The molecule has 0 radical (unpaired) electrons. The van der Waals surface area contributed by atoms with Gasteiger partial charge in [0.2, 0.25) is 0 Å². The van der Waals surface area contributed by atoms with Crippen molar-refractivity contribution >= 4 is 9.84 Å². The quantitative estimate of drug-likeness (QED) is 0.912. The topological polar surface area (TPSA) is 46.2 Å². The molecule has 1 aliphatic carbocycles. The highest BCUT2D eigenvalue weighted by Crippen LogP contribution is 2.37. The van der Waals surface area contributed by atoms with Crippen molar-refractivity contribution in [3.63, 3.8) is 0 Å². The summed E-state index contributed by atoms with van der Waals surface area (Å²) in [4.78, 5) is 0.537. The number of sulfone groups is 1. The van der Waals surface area contributed by atoms with Gasteiger partial charge in [0.1, 0.15) is 0 Å². The zero-order chi connectivity index (χ0) is 14.5. The SMILES string of the molecule is CC(C)(C)c1ccc2c(c1)C(NC1CC1)CCS2(=O)=O. The normalized spacial score (nSPS) is 25.2. The summed E-state index contributed by atoms with van der Waals surface area (Å²) < 4.78 is 24.5. The highest BCUT2D eigenvalue weighted by Gasteiger charge is 2.34. The van der Waals surface area contributed by atoms with Gasteiger partial charge in [0.05, 0.1) is 10.6 Å². The van der Waals surface area contributed by atoms with Crippen LogP contribution in [-0.4, -0.2) is 20.2 Å². The van der Waals surface area contributed by atoms with Crippen molar-refractivity contribution in [1.29, 1.82) is 0 Å². The molecule has 1 heterocycles. The number of fused-ring (bicyclic) bond motifs is 1. The van der Waals surface area contributed by atoms with Gasteiger partial charge in [-0.1, -0.05) is 32.9 Å². The summed E-state index contributed by atoms with van der Waals surface area (Å²) in [6.07, 6.45) is 3.13. The molecule has 0 aromatic heterocycles. The second-order valence-corrected chi connectivity index (χ2v) is 9.18. The molecule has 1 aromatic carbocycles. The summed E-state index contributed by atoms with van der Waals surface area (Å²) in [7, 11) is -3.09. The van der Waals surface area contributed by atoms with Crippen LogP contribution >= 0.6 is 0 Å². The van der Waals surface area contributed by atoms with E-state index in [9.17, 15) is 8.42 Å². The third kappa shape index (κ3) is 2.63. The van der Waals surface area contributed by atoms with Crippen molar-refractivity contribution in [3.05, 3.63) is 29.3 Å². The van der Waals surface area contributed by atoms with E-state index in [0.29, 0.717) is 17.4 Å². The van der Waals surface area contributed by atoms with E-state index in [4.69, 9.17) is 0 Å². The Balaban J connectivity index is 2.06. The highest BCUT2D eigenvalue weighted by molar-refractivity contribution is 7.91. The number of nitrogens with one attached hydrogen (secondary N) is 1. The molecule has 1 unspecified atom stereocenters. The molecular weight excluding hydrogens is 270 g/mol. The molecule has 0 saturated heterocycles. The monoisotopic (exact) mass is 293 g/mol. The zero-order valence-corrected chi connectivity index (χ0v) is 13.3. The molecule has 1 atom stereocenters. The van der Waals surface area contributed by atoms with Crippen LogP contribution in [0.5, 0.6) is 0 Å². The van der Waals surface area contributed by atoms with Crippen LogP contribution < -0.4 is 5.32 Å². The molecule has 4 heteroatoms. The summed E-state index contributed by atoms with van der Waals surface area (Å²) in [5, 5.41) is 3.60. The maximum absolute atomic E-state index is 12.3. The molecule has 3 rings (SSSR count). The van der Waals surface area contributed by atoms with Crippen LogP contribution in [0.3, 0.4) is 0 Å². The summed E-state index contributed by atoms with van der Waals surface area (Å²) >= 11 is 0. The van der Waals surface area contributed by atoms with E-state index < -0.39 is 9.84 Å². The van der Waals surface area contributed by atoms with Gasteiger partial charge in [-0.25, -0.2) is 8.42 Å². The predicted molar refractivity (Wildman–Crippen MR) is 80.7 cm³/mol. The summed E-state index contributed by atoms with van der Waals surface area (Å²) in [6, 6.07) is 6.67. The van der Waals surface area contributed by atoms with Crippen LogP contribution in [0, 0.1) is 0 Å². The van der Waals surface area contributed by atoms with Crippen LogP contribution in [0.4, 0.5) is 0 Å². The predicted octanol–water partition coefficient (Wildman–Crippen LogP) is 2.95. The third-order valence-electron chi connectivity index (χ3n) is 4.28. The Morgan fingerprint density at radius 2 is 1.85 bits per heavy atom. The fraction of sp³-hybridized carbons (Fsp3) is 0.625. The minimum Gasteiger partial charge on any atom is -0.307 e. The van der Waals surface area contributed by atoms with E-state index in [2.05, 4.69) is 32.2 Å². The lowest BCUT2D eigenvalue weighted by atomic mass is 9.85. The summed E-state index contributed by atoms with van der Waals surface area (Å²) in [5.41, 5.74) is 2.23. The molecule has 110 valence electrons. The molecule has 0 bridgehead atoms. The average molecular weight is 293 g/mol. The maximum atomic E-state index is 12.3. The second-order valence-electron chi connectivity index (χ2n) is 7.10. The Labute approximate surface area is 121 Å². The number of hydrogen-bond acceptors (Lipinski definition) is 3. The second kappa shape index (κ2) is 4.57. The molecule has 1 fully saturated rings. The molecule has 1 saturated carbocycles. The van der Waals surface area contributed by atoms with Gasteiger partial charge < -0.3 is 5.32 Å². The largest absolute Gasteiger partial charge is 0.307 e. The Morgan fingerprint density at radius 3 is 2.45 bits per heavy atom. The van der Waals surface area contributed by atoms with E-state index in [-0.39, 0.29) is 17.2 Å². The van der Waals surface area contributed by atoms with E-state index >= 15 is 0 Å². The maximum Gasteiger partial charge on any atom is 0.178 e. The van der Waals surface area contributed by atoms with Gasteiger partial charge in [0, 0.05) is 12.1 Å². The Morgan fingerprint density at radius 1 is 1.15 bits per heavy atom. The van der Waals surface area contributed by atoms with E-state index in [0.717, 1.165) is 5.56 Å². The first-order chi connectivity index (χ1) is 9.27. The van der Waals surface area contributed by atoms with Crippen LogP contribution in [0.25, 0.3) is 0 Å². The first-order valence-electron chi connectivity index (χ1n) is 7.40. The average Bonchev–Trinajstić information content (AvgIpc) is 3.15. The molecule has 2 aliphatic rings. The molecule has 1 N–H and O–H groups in total. The van der Waals surface area contributed by atoms with Crippen molar-refractivity contribution in [1.82, 2.24) is 5.32 Å². The minimum absolute atomic E-state index is 0.0420. The first-order valence-corrected chi connectivity index (χ1v) is 9.06. The lowest BCUT2D eigenvalue weighted by Gasteiger charge is -2.29. The molecular formula is C16H23NO2S. The van der Waals surface area contributed by atoms with Gasteiger partial charge in [-0.05, 0) is 41.9 Å². The Hall–Kier alpha value is -0.870. The molecule has 1 aromatic rings. The number of hydrogen-bond donors (Lipinski definition) is 1. The summed E-state index contributed by atoms with van der Waals surface area (Å²) in [5.74, 6) is 0.263. The van der Waals surface area contributed by atoms with Gasteiger partial charge >= 0.3 is 0 Å². The Bertz CT molecular complexity index is 624. The fourth-order valence-corrected chi connectivity index (χ4v) is 4.42. The number of rotatable bonds is 2. The van der Waals surface area contributed by atoms with Crippen LogP contribution in [0.2, 0.25) is 0 Å². The first kappa shape index (κ1) is 14.1. The van der Waals surface area contributed by atoms with Crippen molar-refractivity contribution in [2.24, 2.45) is 0 Å². The van der Waals surface area contributed by atoms with Gasteiger partial charge in [0.25, 0.3) is 0 Å². The van der Waals surface area contributed by atoms with Crippen molar-refractivity contribution in [2.75, 3.05) is 5.75 Å². The van der Waals surface area contributed by atoms with Crippen LogP contribution in [0.1, 0.15) is 57.2 Å². The molecule has 0 amide bonds. The molecule has 0 spiro atoms. The molecule has 3 nitrogen and oxygen atoms in total. The van der Waals surface area contributed by atoms with Gasteiger partial charge in [0.15, 0.2) is 9.84 Å². The van der Waals surface area contributed by atoms with E-state index in [1.807, 2.05) is 12.1 Å². The molecule has 20 heavy (non-hydrogen) atoms. The van der Waals surface area contributed by atoms with Gasteiger partial charge in [-0.3, -0.25) is 0 Å². The highest BCUT2D eigenvalue weighted by atomic mass is 32.2. The van der Waals surface area contributed by atoms with Crippen molar-refractivity contribution < 1.29 is 8.42 Å². The van der Waals surface area contributed by atoms with Crippen molar-refractivity contribution in [3.8, 4) is 0 Å². The Kier molecular flexibility index (Phi) is 3.22. The van der Waals surface area contributed by atoms with Gasteiger partial charge in [-0.2, -0.15) is 0 Å². The minimum atomic E-state index is -3.09. The zero-order valence-electron chi connectivity index (χ0n) is 12.4.